The topological polar surface area (TPSA) is 92.5 Å². The van der Waals surface area contributed by atoms with Gasteiger partial charge in [-0.1, -0.05) is 17.7 Å². The molecule has 1 amide bonds. The fourth-order valence-electron chi connectivity index (χ4n) is 2.16. The number of thiophene rings is 1. The molecule has 0 bridgehead atoms. The Morgan fingerprint density at radius 2 is 1.96 bits per heavy atom. The third kappa shape index (κ3) is 6.26. The van der Waals surface area contributed by atoms with E-state index >= 15 is 0 Å². The van der Waals surface area contributed by atoms with Gasteiger partial charge in [0.15, 0.2) is 0 Å². The van der Waals surface area contributed by atoms with Gasteiger partial charge in [-0.05, 0) is 36.4 Å². The van der Waals surface area contributed by atoms with Gasteiger partial charge in [0.25, 0.3) is 0 Å². The maximum Gasteiger partial charge on any atom is 0.238 e. The van der Waals surface area contributed by atoms with E-state index in [-0.39, 0.29) is 17.3 Å². The van der Waals surface area contributed by atoms with Crippen LogP contribution in [0.5, 0.6) is 0 Å². The smallest absolute Gasteiger partial charge is 0.238 e. The number of rotatable bonds is 8. The molecule has 0 spiro atoms. The van der Waals surface area contributed by atoms with Crippen LogP contribution in [0.3, 0.4) is 0 Å². The number of hydrogen-bond acceptors (Lipinski definition) is 5. The van der Waals surface area contributed by atoms with E-state index in [2.05, 4.69) is 11.9 Å². The quantitative estimate of drug-likeness (QED) is 0.667. The van der Waals surface area contributed by atoms with E-state index < -0.39 is 10.0 Å². The third-order valence-corrected chi connectivity index (χ3v) is 5.37. The Kier molecular flexibility index (Phi) is 6.74. The van der Waals surface area contributed by atoms with Crippen LogP contribution >= 0.6 is 22.9 Å². The highest BCUT2D eigenvalue weighted by atomic mass is 35.5. The Morgan fingerprint density at radius 3 is 2.48 bits per heavy atom. The Bertz CT molecular complexity index is 848. The lowest BCUT2D eigenvalue weighted by Gasteiger charge is -2.19. The molecule has 1 aromatic heterocycles. The molecule has 2 rings (SSSR count). The average molecular weight is 400 g/mol. The Morgan fingerprint density at radius 1 is 1.28 bits per heavy atom. The number of sulfonamides is 1. The van der Waals surface area contributed by atoms with E-state index in [1.165, 1.54) is 35.6 Å². The average Bonchev–Trinajstić information content (AvgIpc) is 2.92. The number of hydrogen-bond donors (Lipinski definition) is 2. The molecular weight excluding hydrogens is 382 g/mol. The van der Waals surface area contributed by atoms with Crippen LogP contribution in [0.4, 0.5) is 5.69 Å². The van der Waals surface area contributed by atoms with Gasteiger partial charge < -0.3 is 5.32 Å². The summed E-state index contributed by atoms with van der Waals surface area (Å²) >= 11 is 7.39. The summed E-state index contributed by atoms with van der Waals surface area (Å²) in [5, 5.41) is 7.77. The first-order valence-corrected chi connectivity index (χ1v) is 10.0. The van der Waals surface area contributed by atoms with Crippen molar-refractivity contribution in [1.29, 1.82) is 0 Å². The normalized spacial score (nSPS) is 11.5. The van der Waals surface area contributed by atoms with E-state index in [1.807, 2.05) is 17.0 Å². The van der Waals surface area contributed by atoms with Crippen molar-refractivity contribution in [2.24, 2.45) is 5.14 Å². The molecule has 2 aromatic rings. The van der Waals surface area contributed by atoms with E-state index in [1.54, 1.807) is 6.08 Å². The first kappa shape index (κ1) is 19.6. The highest BCUT2D eigenvalue weighted by Crippen LogP contribution is 2.22. The number of primary sulfonamides is 1. The molecule has 6 nitrogen and oxygen atoms in total. The summed E-state index contributed by atoms with van der Waals surface area (Å²) < 4.78 is 23.2. The Labute approximate surface area is 156 Å². The lowest BCUT2D eigenvalue weighted by atomic mass is 10.3. The fourth-order valence-corrected chi connectivity index (χ4v) is 3.80. The number of nitrogens with zero attached hydrogens (tertiary/aromatic N) is 1. The number of amides is 1. The first-order chi connectivity index (χ1) is 11.8. The Hall–Kier alpha value is -1.71. The van der Waals surface area contributed by atoms with E-state index in [0.717, 1.165) is 4.88 Å². The lowest BCUT2D eigenvalue weighted by molar-refractivity contribution is -0.117. The summed E-state index contributed by atoms with van der Waals surface area (Å²) in [7, 11) is -3.75. The second kappa shape index (κ2) is 8.59. The summed E-state index contributed by atoms with van der Waals surface area (Å²) in [6.07, 6.45) is 1.73. The zero-order valence-corrected chi connectivity index (χ0v) is 15.7. The van der Waals surface area contributed by atoms with Crippen LogP contribution < -0.4 is 10.5 Å². The molecular formula is C16H18ClN3O3S2. The standard InChI is InChI=1S/C16H18ClN3O3S2/c1-2-9-20(10-13-5-8-15(17)24-13)11-16(21)19-12-3-6-14(7-4-12)25(18,22)23/h2-8H,1,9-11H2,(H,19,21)(H2,18,22,23). The van der Waals surface area contributed by atoms with Gasteiger partial charge >= 0.3 is 0 Å². The molecule has 1 heterocycles. The van der Waals surface area contributed by atoms with E-state index in [0.29, 0.717) is 23.1 Å². The maximum absolute atomic E-state index is 12.2. The monoisotopic (exact) mass is 399 g/mol. The number of halogens is 1. The second-order valence-electron chi connectivity index (χ2n) is 5.28. The molecule has 0 unspecified atom stereocenters. The van der Waals surface area contributed by atoms with Crippen LogP contribution in [-0.2, 0) is 21.4 Å². The molecule has 0 fully saturated rings. The highest BCUT2D eigenvalue weighted by molar-refractivity contribution is 7.89. The van der Waals surface area contributed by atoms with Crippen molar-refractivity contribution in [3.63, 3.8) is 0 Å². The number of nitrogens with two attached hydrogens (primary N) is 1. The van der Waals surface area contributed by atoms with Gasteiger partial charge in [0.2, 0.25) is 15.9 Å². The molecule has 25 heavy (non-hydrogen) atoms. The van der Waals surface area contributed by atoms with Crippen molar-refractivity contribution in [2.75, 3.05) is 18.4 Å². The van der Waals surface area contributed by atoms with Crippen LogP contribution in [0.25, 0.3) is 0 Å². The molecule has 3 N–H and O–H groups in total. The minimum Gasteiger partial charge on any atom is -0.325 e. The third-order valence-electron chi connectivity index (χ3n) is 3.23. The molecule has 0 saturated heterocycles. The van der Waals surface area contributed by atoms with Gasteiger partial charge in [-0.3, -0.25) is 9.69 Å². The molecule has 0 radical (unpaired) electrons. The Balaban J connectivity index is 1.97. The van der Waals surface area contributed by atoms with Crippen LogP contribution in [-0.4, -0.2) is 32.3 Å². The van der Waals surface area contributed by atoms with E-state index in [9.17, 15) is 13.2 Å². The minimum absolute atomic E-state index is 0.00615. The zero-order valence-electron chi connectivity index (χ0n) is 13.3. The number of carbonyl (C=O) groups is 1. The largest absolute Gasteiger partial charge is 0.325 e. The van der Waals surface area contributed by atoms with Gasteiger partial charge in [-0.15, -0.1) is 17.9 Å². The van der Waals surface area contributed by atoms with Gasteiger partial charge in [0.1, 0.15) is 0 Å². The molecule has 0 aliphatic carbocycles. The number of benzene rings is 1. The molecule has 0 atom stereocenters. The van der Waals surface area contributed by atoms with Gasteiger partial charge in [-0.25, -0.2) is 13.6 Å². The van der Waals surface area contributed by atoms with Crippen molar-refractivity contribution in [3.05, 3.63) is 58.3 Å². The van der Waals surface area contributed by atoms with E-state index in [4.69, 9.17) is 16.7 Å². The first-order valence-electron chi connectivity index (χ1n) is 7.28. The van der Waals surface area contributed by atoms with Crippen molar-refractivity contribution in [1.82, 2.24) is 4.90 Å². The molecule has 1 aromatic carbocycles. The van der Waals surface area contributed by atoms with Crippen LogP contribution in [0.1, 0.15) is 4.88 Å². The van der Waals surface area contributed by atoms with Crippen LogP contribution in [0.2, 0.25) is 4.34 Å². The van der Waals surface area contributed by atoms with Gasteiger partial charge in [-0.2, -0.15) is 0 Å². The fraction of sp³-hybridized carbons (Fsp3) is 0.188. The van der Waals surface area contributed by atoms with Crippen LogP contribution in [0, 0.1) is 0 Å². The number of carbonyl (C=O) groups excluding carboxylic acids is 1. The van der Waals surface area contributed by atoms with Gasteiger partial charge in [0.05, 0.1) is 15.8 Å². The molecule has 134 valence electrons. The lowest BCUT2D eigenvalue weighted by Crippen LogP contribution is -2.32. The second-order valence-corrected chi connectivity index (χ2v) is 8.64. The molecule has 0 aliphatic heterocycles. The predicted octanol–water partition coefficient (Wildman–Crippen LogP) is 2.68. The number of anilines is 1. The van der Waals surface area contributed by atoms with Crippen LogP contribution in [0.15, 0.2) is 53.9 Å². The van der Waals surface area contributed by atoms with Crippen molar-refractivity contribution >= 4 is 44.6 Å². The summed E-state index contributed by atoms with van der Waals surface area (Å²) in [5.41, 5.74) is 0.495. The van der Waals surface area contributed by atoms with Crippen molar-refractivity contribution in [2.45, 2.75) is 11.4 Å². The van der Waals surface area contributed by atoms with Crippen molar-refractivity contribution in [3.8, 4) is 0 Å². The highest BCUT2D eigenvalue weighted by Gasteiger charge is 2.12. The molecule has 0 aliphatic rings. The van der Waals surface area contributed by atoms with Gasteiger partial charge in [0, 0.05) is 23.7 Å². The molecule has 0 saturated carbocycles. The zero-order chi connectivity index (χ0) is 18.4. The SMILES string of the molecule is C=CCN(CC(=O)Nc1ccc(S(N)(=O)=O)cc1)Cc1ccc(Cl)s1. The summed E-state index contributed by atoms with van der Waals surface area (Å²) in [5.74, 6) is -0.215. The minimum atomic E-state index is -3.75. The molecule has 9 heteroatoms. The predicted molar refractivity (Wildman–Crippen MR) is 101 cm³/mol. The summed E-state index contributed by atoms with van der Waals surface area (Å²) in [6, 6.07) is 9.43. The number of nitrogens with one attached hydrogen (secondary N) is 1. The van der Waals surface area contributed by atoms with Crippen molar-refractivity contribution < 1.29 is 13.2 Å². The summed E-state index contributed by atoms with van der Waals surface area (Å²) in [6.45, 7) is 5.01. The summed E-state index contributed by atoms with van der Waals surface area (Å²) in [4.78, 5) is 15.2. The maximum atomic E-state index is 12.2.